The molecule has 0 aliphatic heterocycles. The lowest BCUT2D eigenvalue weighted by atomic mass is 10.1. The Labute approximate surface area is 209 Å². The first-order chi connectivity index (χ1) is 16.7. The highest BCUT2D eigenvalue weighted by Gasteiger charge is 2.21. The van der Waals surface area contributed by atoms with Crippen LogP contribution >= 0.6 is 11.3 Å². The molecule has 4 rings (SSSR count). The SMILES string of the molecule is C#CCn1c(=NC(=O)c2ccc(S(=O)(=O)N(C)Cc3ccccc3)cc2)sc2cc(C)c(C)cc21. The van der Waals surface area contributed by atoms with Crippen LogP contribution in [-0.4, -0.2) is 30.2 Å². The van der Waals surface area contributed by atoms with Crippen molar-refractivity contribution in [1.29, 1.82) is 0 Å². The number of terminal acetylenes is 1. The van der Waals surface area contributed by atoms with E-state index in [1.807, 2.05) is 54.8 Å². The molecule has 0 aliphatic rings. The maximum atomic E-state index is 13.0. The molecule has 8 heteroatoms. The largest absolute Gasteiger partial charge is 0.305 e. The summed E-state index contributed by atoms with van der Waals surface area (Å²) in [6, 6.07) is 19.3. The normalized spacial score (nSPS) is 12.3. The van der Waals surface area contributed by atoms with Crippen molar-refractivity contribution in [1.82, 2.24) is 8.87 Å². The van der Waals surface area contributed by atoms with Gasteiger partial charge in [-0.1, -0.05) is 47.6 Å². The van der Waals surface area contributed by atoms with E-state index in [4.69, 9.17) is 6.42 Å². The second-order valence-corrected chi connectivity index (χ2v) is 11.3. The Kier molecular flexibility index (Phi) is 7.03. The van der Waals surface area contributed by atoms with Crippen molar-refractivity contribution in [3.63, 3.8) is 0 Å². The fourth-order valence-corrected chi connectivity index (χ4v) is 5.94. The molecule has 0 radical (unpaired) electrons. The van der Waals surface area contributed by atoms with Crippen LogP contribution in [0.5, 0.6) is 0 Å². The zero-order valence-electron chi connectivity index (χ0n) is 19.7. The molecule has 3 aromatic carbocycles. The van der Waals surface area contributed by atoms with Crippen molar-refractivity contribution in [3.05, 3.63) is 93.8 Å². The van der Waals surface area contributed by atoms with Crippen molar-refractivity contribution in [2.75, 3.05) is 7.05 Å². The van der Waals surface area contributed by atoms with Gasteiger partial charge in [-0.2, -0.15) is 9.30 Å². The molecule has 35 heavy (non-hydrogen) atoms. The number of hydrogen-bond acceptors (Lipinski definition) is 4. The molecule has 0 N–H and O–H groups in total. The van der Waals surface area contributed by atoms with Crippen LogP contribution in [0.2, 0.25) is 0 Å². The van der Waals surface area contributed by atoms with Crippen LogP contribution in [0.15, 0.2) is 76.6 Å². The van der Waals surface area contributed by atoms with Gasteiger partial charge in [0.1, 0.15) is 0 Å². The second-order valence-electron chi connectivity index (χ2n) is 8.27. The van der Waals surface area contributed by atoms with Gasteiger partial charge in [0.05, 0.1) is 21.7 Å². The van der Waals surface area contributed by atoms with E-state index >= 15 is 0 Å². The summed E-state index contributed by atoms with van der Waals surface area (Å²) >= 11 is 1.40. The van der Waals surface area contributed by atoms with Crippen molar-refractivity contribution in [3.8, 4) is 12.3 Å². The van der Waals surface area contributed by atoms with Crippen LogP contribution < -0.4 is 4.80 Å². The van der Waals surface area contributed by atoms with Gasteiger partial charge in [-0.05, 0) is 66.9 Å². The number of carbonyl (C=O) groups is 1. The number of benzene rings is 3. The van der Waals surface area contributed by atoms with Crippen LogP contribution in [0, 0.1) is 26.2 Å². The van der Waals surface area contributed by atoms with Crippen molar-refractivity contribution < 1.29 is 13.2 Å². The zero-order valence-corrected chi connectivity index (χ0v) is 21.4. The number of nitrogens with zero attached hydrogens (tertiary/aromatic N) is 3. The standard InChI is InChI=1S/C27H25N3O3S2/c1-5-15-30-24-16-19(2)20(3)17-25(24)34-27(30)28-26(31)22-11-13-23(14-12-22)35(32,33)29(4)18-21-9-7-6-8-10-21/h1,6-14,16-17H,15,18H2,2-4H3. The molecule has 0 bridgehead atoms. The number of hydrogen-bond donors (Lipinski definition) is 0. The molecule has 0 saturated carbocycles. The van der Waals surface area contributed by atoms with Crippen molar-refractivity contribution in [2.45, 2.75) is 31.8 Å². The summed E-state index contributed by atoms with van der Waals surface area (Å²) in [6.07, 6.45) is 5.57. The van der Waals surface area contributed by atoms with E-state index in [0.29, 0.717) is 16.9 Å². The van der Waals surface area contributed by atoms with Crippen LogP contribution in [0.25, 0.3) is 10.2 Å². The molecule has 0 aliphatic carbocycles. The number of amides is 1. The fourth-order valence-electron chi connectivity index (χ4n) is 3.68. The minimum Gasteiger partial charge on any atom is -0.305 e. The lowest BCUT2D eigenvalue weighted by Gasteiger charge is -2.17. The molecule has 178 valence electrons. The number of fused-ring (bicyclic) bond motifs is 1. The highest BCUT2D eigenvalue weighted by atomic mass is 32.2. The van der Waals surface area contributed by atoms with Gasteiger partial charge in [0.2, 0.25) is 10.0 Å². The molecule has 1 heterocycles. The fraction of sp³-hybridized carbons (Fsp3) is 0.185. The van der Waals surface area contributed by atoms with Gasteiger partial charge in [0.25, 0.3) is 5.91 Å². The summed E-state index contributed by atoms with van der Waals surface area (Å²) < 4.78 is 30.1. The van der Waals surface area contributed by atoms with Gasteiger partial charge in [-0.15, -0.1) is 6.42 Å². The highest BCUT2D eigenvalue weighted by Crippen LogP contribution is 2.22. The third-order valence-corrected chi connectivity index (χ3v) is 8.66. The lowest BCUT2D eigenvalue weighted by Crippen LogP contribution is -2.26. The van der Waals surface area contributed by atoms with Crippen LogP contribution in [0.3, 0.4) is 0 Å². The predicted octanol–water partition coefficient (Wildman–Crippen LogP) is 4.51. The number of carbonyl (C=O) groups excluding carboxylic acids is 1. The molecule has 6 nitrogen and oxygen atoms in total. The van der Waals surface area contributed by atoms with E-state index in [0.717, 1.165) is 26.9 Å². The highest BCUT2D eigenvalue weighted by molar-refractivity contribution is 7.89. The number of sulfonamides is 1. The average molecular weight is 504 g/mol. The van der Waals surface area contributed by atoms with E-state index in [1.54, 1.807) is 0 Å². The molecule has 0 spiro atoms. The Bertz CT molecular complexity index is 1610. The van der Waals surface area contributed by atoms with Gasteiger partial charge < -0.3 is 4.57 Å². The van der Waals surface area contributed by atoms with Gasteiger partial charge in [-0.25, -0.2) is 8.42 Å². The molecule has 0 atom stereocenters. The third-order valence-electron chi connectivity index (χ3n) is 5.80. The summed E-state index contributed by atoms with van der Waals surface area (Å²) in [5, 5.41) is 0. The summed E-state index contributed by atoms with van der Waals surface area (Å²) in [4.78, 5) is 17.9. The Hall–Kier alpha value is -3.51. The molecule has 1 aromatic heterocycles. The van der Waals surface area contributed by atoms with Crippen molar-refractivity contribution in [2.24, 2.45) is 4.99 Å². The lowest BCUT2D eigenvalue weighted by molar-refractivity contribution is 0.0998. The second kappa shape index (κ2) is 10.0. The molecular formula is C27H25N3O3S2. The molecular weight excluding hydrogens is 478 g/mol. The number of rotatable bonds is 6. The Morgan fingerprint density at radius 3 is 2.37 bits per heavy atom. The maximum Gasteiger partial charge on any atom is 0.279 e. The first kappa shape index (κ1) is 24.6. The van der Waals surface area contributed by atoms with E-state index in [-0.39, 0.29) is 11.4 Å². The third kappa shape index (κ3) is 5.13. The average Bonchev–Trinajstić information content (AvgIpc) is 3.15. The summed E-state index contributed by atoms with van der Waals surface area (Å²) in [5.41, 5.74) is 4.40. The monoisotopic (exact) mass is 503 g/mol. The first-order valence-corrected chi connectivity index (χ1v) is 13.2. The van der Waals surface area contributed by atoms with E-state index < -0.39 is 15.9 Å². The molecule has 4 aromatic rings. The Morgan fingerprint density at radius 2 is 1.71 bits per heavy atom. The summed E-state index contributed by atoms with van der Waals surface area (Å²) in [5.74, 6) is 2.17. The number of aryl methyl sites for hydroxylation is 2. The van der Waals surface area contributed by atoms with Gasteiger partial charge >= 0.3 is 0 Å². The van der Waals surface area contributed by atoms with E-state index in [9.17, 15) is 13.2 Å². The van der Waals surface area contributed by atoms with Crippen LogP contribution in [-0.2, 0) is 23.1 Å². The Balaban J connectivity index is 1.63. The minimum atomic E-state index is -3.71. The maximum absolute atomic E-state index is 13.0. The summed E-state index contributed by atoms with van der Waals surface area (Å²) in [6.45, 7) is 4.61. The van der Waals surface area contributed by atoms with Crippen LogP contribution in [0.4, 0.5) is 0 Å². The topological polar surface area (TPSA) is 71.7 Å². The smallest absolute Gasteiger partial charge is 0.279 e. The quantitative estimate of drug-likeness (QED) is 0.364. The van der Waals surface area contributed by atoms with Crippen LogP contribution in [0.1, 0.15) is 27.0 Å². The van der Waals surface area contributed by atoms with E-state index in [2.05, 4.69) is 17.0 Å². The molecule has 0 fully saturated rings. The molecule has 1 amide bonds. The van der Waals surface area contributed by atoms with Crippen molar-refractivity contribution >= 4 is 37.5 Å². The van der Waals surface area contributed by atoms with E-state index in [1.165, 1.54) is 47.0 Å². The van der Waals surface area contributed by atoms with Gasteiger partial charge in [0, 0.05) is 19.2 Å². The zero-order chi connectivity index (χ0) is 25.2. The molecule has 0 saturated heterocycles. The van der Waals surface area contributed by atoms with Gasteiger partial charge in [0.15, 0.2) is 4.80 Å². The summed E-state index contributed by atoms with van der Waals surface area (Å²) in [7, 11) is -2.18. The molecule has 0 unspecified atom stereocenters. The Morgan fingerprint density at radius 1 is 1.06 bits per heavy atom. The predicted molar refractivity (Wildman–Crippen MR) is 140 cm³/mol. The first-order valence-electron chi connectivity index (χ1n) is 10.9. The number of thiazole rings is 1. The minimum absolute atomic E-state index is 0.114. The number of aromatic nitrogens is 1. The van der Waals surface area contributed by atoms with Gasteiger partial charge in [-0.3, -0.25) is 4.79 Å².